The molecule has 12 nitrogen and oxygen atoms in total. The Hall–Kier alpha value is -2.93. The molecule has 0 bridgehead atoms. The molecule has 320 valence electrons. The van der Waals surface area contributed by atoms with Gasteiger partial charge in [0.2, 0.25) is 0 Å². The van der Waals surface area contributed by atoms with Gasteiger partial charge < -0.3 is 35.4 Å². The molecule has 1 unspecified atom stereocenters. The monoisotopic (exact) mass is 809 g/mol. The number of allylic oxidation sites excluding steroid dienone is 11. The van der Waals surface area contributed by atoms with E-state index in [2.05, 4.69) is 31.2 Å². The molecule has 0 radical (unpaired) electrons. The van der Waals surface area contributed by atoms with Gasteiger partial charge in [0.25, 0.3) is 0 Å². The molecule has 0 aromatic rings. The van der Waals surface area contributed by atoms with Crippen molar-refractivity contribution in [1.29, 1.82) is 0 Å². The smallest absolute Gasteiger partial charge is 0.462 e. The van der Waals surface area contributed by atoms with Crippen LogP contribution in [0.3, 0.4) is 0 Å². The van der Waals surface area contributed by atoms with E-state index in [0.717, 1.165) is 51.4 Å². The third kappa shape index (κ3) is 35.5. The van der Waals surface area contributed by atoms with Crippen LogP contribution in [0.4, 0.5) is 0 Å². The molecule has 0 aromatic heterocycles. The number of aliphatic hydroxyl groups excluding tert-OH is 3. The van der Waals surface area contributed by atoms with Crippen LogP contribution in [0.2, 0.25) is 0 Å². The van der Waals surface area contributed by atoms with Crippen molar-refractivity contribution in [2.45, 2.75) is 147 Å². The first-order chi connectivity index (χ1) is 27.0. The topological polar surface area (TPSA) is 195 Å². The third-order valence-electron chi connectivity index (χ3n) is 8.11. The van der Waals surface area contributed by atoms with E-state index < -0.39 is 50.8 Å². The average molecular weight is 810 g/mol. The molecule has 6 N–H and O–H groups in total. The van der Waals surface area contributed by atoms with Crippen LogP contribution in [-0.2, 0) is 32.7 Å². The number of phosphoric acid groups is 1. The number of ether oxygens (including phenoxy) is 2. The second kappa shape index (κ2) is 37.6. The van der Waals surface area contributed by atoms with Crippen molar-refractivity contribution in [3.63, 3.8) is 0 Å². The number of esters is 2. The number of aliphatic hydroxyl groups is 3. The molecular weight excluding hydrogens is 737 g/mol. The lowest BCUT2D eigenvalue weighted by molar-refractivity contribution is -0.161. The fraction of sp³-hybridized carbons (Fsp3) is 0.628. The second-order valence-electron chi connectivity index (χ2n) is 13.3. The zero-order chi connectivity index (χ0) is 41.5. The minimum atomic E-state index is -4.48. The van der Waals surface area contributed by atoms with Crippen LogP contribution in [0.1, 0.15) is 123 Å². The van der Waals surface area contributed by atoms with Crippen LogP contribution < -0.4 is 5.73 Å². The van der Waals surface area contributed by atoms with E-state index in [1.807, 2.05) is 19.1 Å². The van der Waals surface area contributed by atoms with Crippen molar-refractivity contribution in [1.82, 2.24) is 0 Å². The van der Waals surface area contributed by atoms with Gasteiger partial charge in [-0.3, -0.25) is 18.6 Å². The first-order valence-corrected chi connectivity index (χ1v) is 21.9. The minimum absolute atomic E-state index is 0.00937. The number of unbranched alkanes of at least 4 members (excludes halogenated alkanes) is 8. The van der Waals surface area contributed by atoms with Crippen molar-refractivity contribution >= 4 is 19.8 Å². The van der Waals surface area contributed by atoms with Crippen molar-refractivity contribution in [3.05, 3.63) is 85.1 Å². The molecule has 0 heterocycles. The average Bonchev–Trinajstić information content (AvgIpc) is 3.17. The van der Waals surface area contributed by atoms with E-state index in [1.165, 1.54) is 25.3 Å². The molecule has 0 saturated carbocycles. The number of nitrogens with two attached hydrogens (primary N) is 1. The lowest BCUT2D eigenvalue weighted by Crippen LogP contribution is -2.30. The maximum absolute atomic E-state index is 12.6. The maximum atomic E-state index is 12.6. The van der Waals surface area contributed by atoms with Crippen LogP contribution >= 0.6 is 7.82 Å². The molecule has 0 fully saturated rings. The molecule has 5 atom stereocenters. The molecule has 0 saturated heterocycles. The van der Waals surface area contributed by atoms with E-state index in [1.54, 1.807) is 42.5 Å². The highest BCUT2D eigenvalue weighted by molar-refractivity contribution is 7.47. The molecule has 0 aliphatic carbocycles. The van der Waals surface area contributed by atoms with Crippen LogP contribution in [0.15, 0.2) is 85.1 Å². The quantitative estimate of drug-likeness (QED) is 0.0134. The summed E-state index contributed by atoms with van der Waals surface area (Å²) in [6, 6.07) is 0. The number of rotatable bonds is 36. The normalized spacial score (nSPS) is 15.9. The van der Waals surface area contributed by atoms with Crippen LogP contribution in [0.5, 0.6) is 0 Å². The van der Waals surface area contributed by atoms with E-state index in [0.29, 0.717) is 12.8 Å². The fourth-order valence-corrected chi connectivity index (χ4v) is 5.71. The predicted molar refractivity (Wildman–Crippen MR) is 223 cm³/mol. The van der Waals surface area contributed by atoms with E-state index in [-0.39, 0.29) is 45.4 Å². The summed E-state index contributed by atoms with van der Waals surface area (Å²) in [4.78, 5) is 34.8. The SMILES string of the molecule is CC/C=C\C[C@H](O)/C=C/C=C/C=C\C=C/[C@@H](O)[C@H](O)CCCC(=O)O[C@H](COC(=O)CCCCCCC/C=C\C/C=C\CCCCC)COP(=O)(O)OCCN. The number of phosphoric ester groups is 1. The minimum Gasteiger partial charge on any atom is -0.462 e. The molecular formula is C43H72NO11P. The van der Waals surface area contributed by atoms with Gasteiger partial charge in [-0.05, 0) is 64.2 Å². The van der Waals surface area contributed by atoms with Crippen LogP contribution in [0, 0.1) is 0 Å². The maximum Gasteiger partial charge on any atom is 0.472 e. The highest BCUT2D eigenvalue weighted by Crippen LogP contribution is 2.43. The molecule has 0 rings (SSSR count). The van der Waals surface area contributed by atoms with Gasteiger partial charge in [0.1, 0.15) is 6.61 Å². The van der Waals surface area contributed by atoms with Gasteiger partial charge in [0.15, 0.2) is 6.10 Å². The standard InChI is InChI=1S/C43H72NO11P/c1-3-5-7-8-9-10-11-12-13-14-15-16-17-22-26-32-42(48)52-36-39(37-54-56(50,51)53-35-34-44)55-43(49)33-27-31-41(47)40(46)30-25-21-19-18-20-24-29-38(45)28-23-6-4-2/h6,9-10,12-13,18-21,23-25,29-30,38-41,45-47H,3-5,7-8,11,14-17,22,26-28,31-37,44H2,1-2H3,(H,50,51)/b10-9-,13-12-,20-18+,21-19-,23-6-,29-24+,30-25-/t38-,39+,40+,41+/m0/s1. The van der Waals surface area contributed by atoms with Gasteiger partial charge in [-0.25, -0.2) is 4.57 Å². The zero-order valence-corrected chi connectivity index (χ0v) is 34.8. The lowest BCUT2D eigenvalue weighted by Gasteiger charge is -2.20. The summed E-state index contributed by atoms with van der Waals surface area (Å²) in [5, 5.41) is 30.4. The Balaban J connectivity index is 4.59. The summed E-state index contributed by atoms with van der Waals surface area (Å²) >= 11 is 0. The summed E-state index contributed by atoms with van der Waals surface area (Å²) in [6.45, 7) is 3.06. The Labute approximate surface area is 336 Å². The van der Waals surface area contributed by atoms with Gasteiger partial charge in [-0.1, -0.05) is 131 Å². The highest BCUT2D eigenvalue weighted by atomic mass is 31.2. The van der Waals surface area contributed by atoms with Gasteiger partial charge in [-0.2, -0.15) is 0 Å². The molecule has 56 heavy (non-hydrogen) atoms. The van der Waals surface area contributed by atoms with Crippen molar-refractivity contribution in [2.24, 2.45) is 5.73 Å². The Morgan fingerprint density at radius 2 is 1.32 bits per heavy atom. The van der Waals surface area contributed by atoms with Gasteiger partial charge >= 0.3 is 19.8 Å². The van der Waals surface area contributed by atoms with Gasteiger partial charge in [-0.15, -0.1) is 0 Å². The number of carbonyl (C=O) groups excluding carboxylic acids is 2. The zero-order valence-electron chi connectivity index (χ0n) is 33.9. The van der Waals surface area contributed by atoms with Gasteiger partial charge in [0.05, 0.1) is 31.5 Å². The van der Waals surface area contributed by atoms with Crippen LogP contribution in [0.25, 0.3) is 0 Å². The van der Waals surface area contributed by atoms with E-state index >= 15 is 0 Å². The Bertz CT molecular complexity index is 1240. The highest BCUT2D eigenvalue weighted by Gasteiger charge is 2.26. The summed E-state index contributed by atoms with van der Waals surface area (Å²) in [7, 11) is -4.48. The summed E-state index contributed by atoms with van der Waals surface area (Å²) in [5.41, 5.74) is 5.31. The Kier molecular flexibility index (Phi) is 35.7. The molecule has 0 aliphatic heterocycles. The number of carbonyl (C=O) groups is 2. The third-order valence-corrected chi connectivity index (χ3v) is 9.09. The van der Waals surface area contributed by atoms with E-state index in [9.17, 15) is 34.4 Å². The first-order valence-electron chi connectivity index (χ1n) is 20.4. The van der Waals surface area contributed by atoms with Crippen LogP contribution in [-0.4, -0.2) is 82.9 Å². The fourth-order valence-electron chi connectivity index (χ4n) is 4.94. The van der Waals surface area contributed by atoms with E-state index in [4.69, 9.17) is 24.3 Å². The largest absolute Gasteiger partial charge is 0.472 e. The Morgan fingerprint density at radius 3 is 2.00 bits per heavy atom. The first kappa shape index (κ1) is 53.1. The van der Waals surface area contributed by atoms with Gasteiger partial charge in [0, 0.05) is 19.4 Å². The summed E-state index contributed by atoms with van der Waals surface area (Å²) in [5.74, 6) is -1.19. The molecule has 0 spiro atoms. The van der Waals surface area contributed by atoms with Crippen molar-refractivity contribution < 1.29 is 52.9 Å². The lowest BCUT2D eigenvalue weighted by atomic mass is 10.1. The summed E-state index contributed by atoms with van der Waals surface area (Å²) < 4.78 is 32.4. The van der Waals surface area contributed by atoms with Crippen molar-refractivity contribution in [3.8, 4) is 0 Å². The van der Waals surface area contributed by atoms with Crippen molar-refractivity contribution in [2.75, 3.05) is 26.4 Å². The molecule has 13 heteroatoms. The molecule has 0 aromatic carbocycles. The summed E-state index contributed by atoms with van der Waals surface area (Å²) in [6.07, 6.45) is 35.6. The molecule has 0 aliphatic rings. The Morgan fingerprint density at radius 1 is 0.696 bits per heavy atom. The second-order valence-corrected chi connectivity index (χ2v) is 14.8. The molecule has 0 amide bonds. The predicted octanol–water partition coefficient (Wildman–Crippen LogP) is 8.18. The number of hydrogen-bond acceptors (Lipinski definition) is 11. The number of hydrogen-bond donors (Lipinski definition) is 5.